The number of carboxylic acids is 1. The zero-order valence-electron chi connectivity index (χ0n) is 8.51. The number of ether oxygens (including phenoxy) is 1. The maximum atomic E-state index is 10.1. The van der Waals surface area contributed by atoms with E-state index in [1.165, 1.54) is 19.3 Å². The van der Waals surface area contributed by atoms with Gasteiger partial charge in [-0.15, -0.1) is 0 Å². The van der Waals surface area contributed by atoms with Gasteiger partial charge in [0.05, 0.1) is 0 Å². The highest BCUT2D eigenvalue weighted by molar-refractivity contribution is 9.09. The Morgan fingerprint density at radius 2 is 1.71 bits per heavy atom. The summed E-state index contributed by atoms with van der Waals surface area (Å²) in [4.78, 5) is 10.1. The van der Waals surface area contributed by atoms with Crippen molar-refractivity contribution in [2.75, 3.05) is 18.5 Å². The van der Waals surface area contributed by atoms with Gasteiger partial charge in [-0.1, -0.05) is 28.8 Å². The summed E-state index contributed by atoms with van der Waals surface area (Å²) in [5, 5.41) is 9.43. The molecule has 14 heavy (non-hydrogen) atoms. The maximum Gasteiger partial charge on any atom is 0.303 e. The van der Waals surface area contributed by atoms with Gasteiger partial charge in [-0.25, -0.2) is 0 Å². The minimum atomic E-state index is -0.745. The third-order valence-electron chi connectivity index (χ3n) is 1.85. The highest BCUT2D eigenvalue weighted by Crippen LogP contribution is 2.02. The predicted molar refractivity (Wildman–Crippen MR) is 60.0 cm³/mol. The predicted octanol–water partition coefficient (Wildman–Crippen LogP) is 2.82. The molecule has 0 aliphatic heterocycles. The molecule has 0 rings (SSSR count). The van der Waals surface area contributed by atoms with Gasteiger partial charge in [-0.2, -0.15) is 0 Å². The van der Waals surface area contributed by atoms with E-state index in [-0.39, 0.29) is 6.42 Å². The first-order valence-corrected chi connectivity index (χ1v) is 6.25. The Hall–Kier alpha value is -0.0900. The zero-order valence-corrected chi connectivity index (χ0v) is 10.1. The van der Waals surface area contributed by atoms with Crippen molar-refractivity contribution in [3.05, 3.63) is 0 Å². The number of halogens is 1. The molecular weight excluding hydrogens is 248 g/mol. The van der Waals surface area contributed by atoms with E-state index in [1.54, 1.807) is 0 Å². The molecule has 0 unspecified atom stereocenters. The number of aliphatic carboxylic acids is 1. The van der Waals surface area contributed by atoms with E-state index >= 15 is 0 Å². The Morgan fingerprint density at radius 3 is 2.36 bits per heavy atom. The second kappa shape index (κ2) is 11.0. The average Bonchev–Trinajstić information content (AvgIpc) is 2.15. The van der Waals surface area contributed by atoms with Crippen molar-refractivity contribution in [1.82, 2.24) is 0 Å². The van der Waals surface area contributed by atoms with Crippen molar-refractivity contribution in [2.24, 2.45) is 0 Å². The molecule has 0 saturated heterocycles. The minimum Gasteiger partial charge on any atom is -0.481 e. The van der Waals surface area contributed by atoms with Crippen LogP contribution in [0.15, 0.2) is 0 Å². The van der Waals surface area contributed by atoms with Crippen LogP contribution in [0.4, 0.5) is 0 Å². The van der Waals surface area contributed by atoms with E-state index in [4.69, 9.17) is 9.84 Å². The third-order valence-corrected chi connectivity index (χ3v) is 2.41. The summed E-state index contributed by atoms with van der Waals surface area (Å²) in [5.41, 5.74) is 0. The second-order valence-electron chi connectivity index (χ2n) is 3.21. The Bertz CT molecular complexity index is 139. The topological polar surface area (TPSA) is 46.5 Å². The molecular formula is C10H19BrO3. The van der Waals surface area contributed by atoms with Gasteiger partial charge in [-0.05, 0) is 19.3 Å². The van der Waals surface area contributed by atoms with Crippen LogP contribution in [0, 0.1) is 0 Å². The highest BCUT2D eigenvalue weighted by Gasteiger charge is 1.96. The van der Waals surface area contributed by atoms with Crippen molar-refractivity contribution in [2.45, 2.75) is 38.5 Å². The number of hydrogen-bond donors (Lipinski definition) is 1. The Kier molecular flexibility index (Phi) is 10.9. The van der Waals surface area contributed by atoms with Gasteiger partial charge in [0.15, 0.2) is 0 Å². The van der Waals surface area contributed by atoms with E-state index in [9.17, 15) is 4.79 Å². The summed E-state index contributed by atoms with van der Waals surface area (Å²) in [5.74, 6) is -0.745. The van der Waals surface area contributed by atoms with Crippen LogP contribution in [0.3, 0.4) is 0 Å². The summed E-state index contributed by atoms with van der Waals surface area (Å²) < 4.78 is 5.29. The molecule has 0 aliphatic carbocycles. The largest absolute Gasteiger partial charge is 0.481 e. The van der Waals surface area contributed by atoms with Gasteiger partial charge < -0.3 is 9.84 Å². The Morgan fingerprint density at radius 1 is 1.07 bits per heavy atom. The summed E-state index contributed by atoms with van der Waals surface area (Å²) in [6, 6.07) is 0. The van der Waals surface area contributed by atoms with E-state index < -0.39 is 5.97 Å². The summed E-state index contributed by atoms with van der Waals surface area (Å²) in [6.45, 7) is 1.34. The van der Waals surface area contributed by atoms with Gasteiger partial charge in [0.1, 0.15) is 0 Å². The monoisotopic (exact) mass is 266 g/mol. The number of rotatable bonds is 10. The number of carbonyl (C=O) groups is 1. The van der Waals surface area contributed by atoms with E-state index in [1.807, 2.05) is 0 Å². The van der Waals surface area contributed by atoms with Crippen LogP contribution < -0.4 is 0 Å². The average molecular weight is 267 g/mol. The molecule has 0 aliphatic rings. The van der Waals surface area contributed by atoms with Crippen molar-refractivity contribution in [3.63, 3.8) is 0 Å². The summed E-state index contributed by atoms with van der Waals surface area (Å²) in [6.07, 6.45) is 5.58. The molecule has 0 aromatic rings. The normalized spacial score (nSPS) is 10.4. The lowest BCUT2D eigenvalue weighted by Crippen LogP contribution is -2.01. The van der Waals surface area contributed by atoms with Crippen LogP contribution in [-0.4, -0.2) is 29.6 Å². The molecule has 1 N–H and O–H groups in total. The molecule has 0 amide bonds. The molecule has 0 heterocycles. The molecule has 0 atom stereocenters. The highest BCUT2D eigenvalue weighted by atomic mass is 79.9. The van der Waals surface area contributed by atoms with Gasteiger partial charge in [0, 0.05) is 25.0 Å². The molecule has 0 aromatic carbocycles. The first-order chi connectivity index (χ1) is 6.77. The fourth-order valence-electron chi connectivity index (χ4n) is 1.08. The van der Waals surface area contributed by atoms with Crippen LogP contribution in [0.25, 0.3) is 0 Å². The van der Waals surface area contributed by atoms with E-state index in [0.717, 1.165) is 18.4 Å². The lowest BCUT2D eigenvalue weighted by atomic mass is 10.2. The first kappa shape index (κ1) is 13.9. The van der Waals surface area contributed by atoms with Crippen molar-refractivity contribution in [3.8, 4) is 0 Å². The van der Waals surface area contributed by atoms with E-state index in [0.29, 0.717) is 13.0 Å². The number of hydrogen-bond acceptors (Lipinski definition) is 2. The van der Waals surface area contributed by atoms with Crippen LogP contribution >= 0.6 is 15.9 Å². The maximum absolute atomic E-state index is 10.1. The molecule has 0 radical (unpaired) electrons. The Balaban J connectivity index is 2.88. The third kappa shape index (κ3) is 11.9. The van der Waals surface area contributed by atoms with Crippen LogP contribution in [0.1, 0.15) is 38.5 Å². The number of unbranched alkanes of at least 4 members (excludes halogenated alkanes) is 3. The first-order valence-electron chi connectivity index (χ1n) is 5.13. The van der Waals surface area contributed by atoms with Crippen molar-refractivity contribution >= 4 is 21.9 Å². The van der Waals surface area contributed by atoms with Crippen LogP contribution in [0.5, 0.6) is 0 Å². The lowest BCUT2D eigenvalue weighted by Gasteiger charge is -2.02. The van der Waals surface area contributed by atoms with Gasteiger partial charge >= 0.3 is 5.97 Å². The van der Waals surface area contributed by atoms with E-state index in [2.05, 4.69) is 15.9 Å². The summed E-state index contributed by atoms with van der Waals surface area (Å²) in [7, 11) is 0. The summed E-state index contributed by atoms with van der Waals surface area (Å²) >= 11 is 3.38. The molecule has 4 heteroatoms. The fourth-order valence-corrected chi connectivity index (χ4v) is 1.48. The quantitative estimate of drug-likeness (QED) is 0.489. The number of carboxylic acid groups (broad SMARTS) is 1. The molecule has 0 fully saturated rings. The van der Waals surface area contributed by atoms with Crippen LogP contribution in [0.2, 0.25) is 0 Å². The van der Waals surface area contributed by atoms with Gasteiger partial charge in [0.25, 0.3) is 0 Å². The molecule has 0 aromatic heterocycles. The smallest absolute Gasteiger partial charge is 0.303 e. The molecule has 0 spiro atoms. The Labute approximate surface area is 94.0 Å². The molecule has 3 nitrogen and oxygen atoms in total. The second-order valence-corrected chi connectivity index (χ2v) is 4.01. The minimum absolute atomic E-state index is 0.212. The lowest BCUT2D eigenvalue weighted by molar-refractivity contribution is -0.137. The molecule has 0 bridgehead atoms. The van der Waals surface area contributed by atoms with Crippen molar-refractivity contribution in [1.29, 1.82) is 0 Å². The SMILES string of the molecule is O=C(O)CCCOCCCCCCBr. The van der Waals surface area contributed by atoms with Gasteiger partial charge in [0.2, 0.25) is 0 Å². The molecule has 0 saturated carbocycles. The molecule has 84 valence electrons. The van der Waals surface area contributed by atoms with Crippen molar-refractivity contribution < 1.29 is 14.6 Å². The standard InChI is InChI=1S/C10H19BrO3/c11-7-3-1-2-4-8-14-9-5-6-10(12)13/h1-9H2,(H,12,13). The van der Waals surface area contributed by atoms with Crippen LogP contribution in [-0.2, 0) is 9.53 Å². The zero-order chi connectivity index (χ0) is 10.6. The van der Waals surface area contributed by atoms with Gasteiger partial charge in [-0.3, -0.25) is 4.79 Å². The number of alkyl halides is 1. The fraction of sp³-hybridized carbons (Fsp3) is 0.900.